The van der Waals surface area contributed by atoms with Crippen LogP contribution in [0.2, 0.25) is 0 Å². The zero-order chi connectivity index (χ0) is 16.1. The molecule has 2 aromatic rings. The number of benzene rings is 1. The second kappa shape index (κ2) is 7.62. The molecule has 1 saturated heterocycles. The van der Waals surface area contributed by atoms with Gasteiger partial charge in [0.25, 0.3) is 0 Å². The number of rotatable bonds is 5. The van der Waals surface area contributed by atoms with Crippen LogP contribution >= 0.6 is 11.3 Å². The highest BCUT2D eigenvalue weighted by Crippen LogP contribution is 2.29. The van der Waals surface area contributed by atoms with Crippen molar-refractivity contribution in [1.82, 2.24) is 10.2 Å². The molecule has 0 radical (unpaired) electrons. The van der Waals surface area contributed by atoms with Crippen molar-refractivity contribution < 1.29 is 9.53 Å². The van der Waals surface area contributed by atoms with E-state index in [1.807, 2.05) is 41.5 Å². The molecule has 1 aromatic heterocycles. The minimum atomic E-state index is -0.0550. The molecule has 2 atom stereocenters. The van der Waals surface area contributed by atoms with Gasteiger partial charge in [-0.15, -0.1) is 11.3 Å². The second-order valence-corrected chi connectivity index (χ2v) is 6.67. The maximum absolute atomic E-state index is 12.6. The van der Waals surface area contributed by atoms with Crippen molar-refractivity contribution in [3.05, 3.63) is 58.3 Å². The van der Waals surface area contributed by atoms with Gasteiger partial charge in [-0.1, -0.05) is 36.4 Å². The van der Waals surface area contributed by atoms with Gasteiger partial charge in [0.15, 0.2) is 0 Å². The summed E-state index contributed by atoms with van der Waals surface area (Å²) in [5.41, 5.74) is 1.12. The summed E-state index contributed by atoms with van der Waals surface area (Å²) in [6.45, 7) is 4.03. The van der Waals surface area contributed by atoms with Crippen LogP contribution in [0.25, 0.3) is 0 Å². The normalized spacial score (nSPS) is 20.4. The molecule has 0 unspecified atom stereocenters. The van der Waals surface area contributed by atoms with Crippen molar-refractivity contribution in [3.63, 3.8) is 0 Å². The first-order valence-corrected chi connectivity index (χ1v) is 8.90. The molecule has 23 heavy (non-hydrogen) atoms. The quantitative estimate of drug-likeness (QED) is 0.906. The van der Waals surface area contributed by atoms with E-state index in [-0.39, 0.29) is 18.2 Å². The van der Waals surface area contributed by atoms with Crippen LogP contribution in [0.5, 0.6) is 0 Å². The average Bonchev–Trinajstić information content (AvgIpc) is 3.25. The fraction of sp³-hybridized carbons (Fsp3) is 0.389. The Morgan fingerprint density at radius 2 is 2.13 bits per heavy atom. The first-order chi connectivity index (χ1) is 11.3. The lowest BCUT2D eigenvalue weighted by Crippen LogP contribution is -2.45. The Morgan fingerprint density at radius 3 is 2.83 bits per heavy atom. The highest BCUT2D eigenvalue weighted by atomic mass is 32.1. The van der Waals surface area contributed by atoms with E-state index in [9.17, 15) is 4.79 Å². The van der Waals surface area contributed by atoms with Gasteiger partial charge >= 0.3 is 6.03 Å². The fourth-order valence-electron chi connectivity index (χ4n) is 2.88. The van der Waals surface area contributed by atoms with E-state index in [0.717, 1.165) is 12.0 Å². The molecule has 2 amide bonds. The zero-order valence-electron chi connectivity index (χ0n) is 13.3. The molecule has 3 rings (SSSR count). The number of nitrogens with zero attached hydrogens (tertiary/aromatic N) is 1. The van der Waals surface area contributed by atoms with Crippen LogP contribution < -0.4 is 5.32 Å². The largest absolute Gasteiger partial charge is 0.371 e. The molecule has 1 N–H and O–H groups in total. The Bertz CT molecular complexity index is 615. The number of thiophene rings is 1. The summed E-state index contributed by atoms with van der Waals surface area (Å²) in [5.74, 6) is 0. The first kappa shape index (κ1) is 16.0. The van der Waals surface area contributed by atoms with E-state index in [2.05, 4.69) is 23.5 Å². The Morgan fingerprint density at radius 1 is 1.30 bits per heavy atom. The van der Waals surface area contributed by atoms with Gasteiger partial charge < -0.3 is 15.0 Å². The highest BCUT2D eigenvalue weighted by Gasteiger charge is 2.31. The molecule has 1 aromatic carbocycles. The van der Waals surface area contributed by atoms with E-state index in [4.69, 9.17) is 4.74 Å². The van der Waals surface area contributed by atoms with Crippen LogP contribution in [0.4, 0.5) is 4.79 Å². The molecule has 122 valence electrons. The topological polar surface area (TPSA) is 41.6 Å². The van der Waals surface area contributed by atoms with E-state index in [1.165, 1.54) is 4.88 Å². The summed E-state index contributed by atoms with van der Waals surface area (Å²) in [4.78, 5) is 15.6. The standard InChI is InChI=1S/C18H22N2O2S/c1-2-20(13-15-9-6-12-23-15)18(21)19-16-10-11-22-17(16)14-7-4-3-5-8-14/h3-9,12,16-17H,2,10-11,13H2,1H3,(H,19,21)/t16-,17-/m1/s1. The van der Waals surface area contributed by atoms with Gasteiger partial charge in [-0.3, -0.25) is 0 Å². The Balaban J connectivity index is 1.63. The van der Waals surface area contributed by atoms with Crippen molar-refractivity contribution in [1.29, 1.82) is 0 Å². The maximum Gasteiger partial charge on any atom is 0.318 e. The molecule has 1 fully saturated rings. The number of nitrogens with one attached hydrogen (secondary N) is 1. The van der Waals surface area contributed by atoms with Crippen LogP contribution in [-0.4, -0.2) is 30.1 Å². The third-order valence-electron chi connectivity index (χ3n) is 4.12. The molecule has 0 saturated carbocycles. The lowest BCUT2D eigenvalue weighted by molar-refractivity contribution is 0.0980. The molecule has 1 aliphatic heterocycles. The summed E-state index contributed by atoms with van der Waals surface area (Å²) >= 11 is 1.68. The van der Waals surface area contributed by atoms with Crippen molar-refractivity contribution >= 4 is 17.4 Å². The molecular formula is C18H22N2O2S. The Labute approximate surface area is 141 Å². The van der Waals surface area contributed by atoms with Gasteiger partial charge in [-0.25, -0.2) is 4.79 Å². The lowest BCUT2D eigenvalue weighted by atomic mass is 10.0. The van der Waals surface area contributed by atoms with Crippen molar-refractivity contribution in [2.24, 2.45) is 0 Å². The SMILES string of the molecule is CCN(Cc1cccs1)C(=O)N[C@@H]1CCO[C@@H]1c1ccccc1. The Hall–Kier alpha value is -1.85. The predicted octanol–water partition coefficient (Wildman–Crippen LogP) is 3.81. The summed E-state index contributed by atoms with van der Waals surface area (Å²) in [7, 11) is 0. The van der Waals surface area contributed by atoms with E-state index in [1.54, 1.807) is 11.3 Å². The molecule has 2 heterocycles. The minimum absolute atomic E-state index is 0.0164. The van der Waals surface area contributed by atoms with E-state index >= 15 is 0 Å². The van der Waals surface area contributed by atoms with Gasteiger partial charge in [0.05, 0.1) is 12.6 Å². The molecule has 4 nitrogen and oxygen atoms in total. The fourth-order valence-corrected chi connectivity index (χ4v) is 3.60. The van der Waals surface area contributed by atoms with E-state index in [0.29, 0.717) is 19.7 Å². The smallest absolute Gasteiger partial charge is 0.318 e. The predicted molar refractivity (Wildman–Crippen MR) is 92.5 cm³/mol. The molecule has 0 bridgehead atoms. The minimum Gasteiger partial charge on any atom is -0.371 e. The molecule has 1 aliphatic rings. The van der Waals surface area contributed by atoms with Crippen molar-refractivity contribution in [2.75, 3.05) is 13.2 Å². The third kappa shape index (κ3) is 3.92. The number of carbonyl (C=O) groups is 1. The van der Waals surface area contributed by atoms with Crippen LogP contribution in [0.1, 0.15) is 29.9 Å². The van der Waals surface area contributed by atoms with Gasteiger partial charge in [0.2, 0.25) is 0 Å². The molecule has 5 heteroatoms. The van der Waals surface area contributed by atoms with E-state index < -0.39 is 0 Å². The van der Waals surface area contributed by atoms with Gasteiger partial charge in [0, 0.05) is 18.0 Å². The third-order valence-corrected chi connectivity index (χ3v) is 4.99. The van der Waals surface area contributed by atoms with Crippen molar-refractivity contribution in [2.45, 2.75) is 32.0 Å². The summed E-state index contributed by atoms with van der Waals surface area (Å²) in [5, 5.41) is 5.20. The van der Waals surface area contributed by atoms with Gasteiger partial charge in [-0.05, 0) is 30.4 Å². The average molecular weight is 330 g/mol. The van der Waals surface area contributed by atoms with Crippen LogP contribution in [0.15, 0.2) is 47.8 Å². The number of hydrogen-bond acceptors (Lipinski definition) is 3. The van der Waals surface area contributed by atoms with Crippen LogP contribution in [0.3, 0.4) is 0 Å². The highest BCUT2D eigenvalue weighted by molar-refractivity contribution is 7.09. The number of hydrogen-bond donors (Lipinski definition) is 1. The number of amides is 2. The first-order valence-electron chi connectivity index (χ1n) is 8.02. The summed E-state index contributed by atoms with van der Waals surface area (Å²) in [6.07, 6.45) is 0.794. The summed E-state index contributed by atoms with van der Waals surface area (Å²) < 4.78 is 5.84. The monoisotopic (exact) mass is 330 g/mol. The van der Waals surface area contributed by atoms with Crippen molar-refractivity contribution in [3.8, 4) is 0 Å². The molecule has 0 aliphatic carbocycles. The zero-order valence-corrected chi connectivity index (χ0v) is 14.1. The maximum atomic E-state index is 12.6. The van der Waals surface area contributed by atoms with Crippen LogP contribution in [-0.2, 0) is 11.3 Å². The van der Waals surface area contributed by atoms with Crippen LogP contribution in [0, 0.1) is 0 Å². The molecular weight excluding hydrogens is 308 g/mol. The van der Waals surface area contributed by atoms with Gasteiger partial charge in [-0.2, -0.15) is 0 Å². The van der Waals surface area contributed by atoms with Gasteiger partial charge in [0.1, 0.15) is 6.10 Å². The molecule has 0 spiro atoms. The second-order valence-electron chi connectivity index (χ2n) is 5.64. The summed E-state index contributed by atoms with van der Waals surface area (Å²) in [6, 6.07) is 14.2. The number of urea groups is 1. The lowest BCUT2D eigenvalue weighted by Gasteiger charge is -2.26. The number of ether oxygens (including phenoxy) is 1. The Kier molecular flexibility index (Phi) is 5.31. The number of carbonyl (C=O) groups excluding carboxylic acids is 1.